The average molecular weight is 280 g/mol. The molecule has 0 bridgehead atoms. The summed E-state index contributed by atoms with van der Waals surface area (Å²) in [5.41, 5.74) is 11.6. The van der Waals surface area contributed by atoms with E-state index in [9.17, 15) is 9.59 Å². The van der Waals surface area contributed by atoms with Crippen molar-refractivity contribution in [3.8, 4) is 0 Å². The molecule has 0 saturated carbocycles. The monoisotopic (exact) mass is 280 g/mol. The number of aryl methyl sites for hydroxylation is 1. The fraction of sp³-hybridized carbons (Fsp3) is 0.583. The van der Waals surface area contributed by atoms with E-state index in [0.29, 0.717) is 25.3 Å². The summed E-state index contributed by atoms with van der Waals surface area (Å²) in [4.78, 5) is 27.0. The quantitative estimate of drug-likeness (QED) is 0.710. The molecule has 2 heterocycles. The van der Waals surface area contributed by atoms with Gasteiger partial charge in [0.1, 0.15) is 0 Å². The van der Waals surface area contributed by atoms with Gasteiger partial charge in [0.25, 0.3) is 5.91 Å². The molecule has 0 aliphatic carbocycles. The average Bonchev–Trinajstić information content (AvgIpc) is 2.58. The lowest BCUT2D eigenvalue weighted by atomic mass is 10.3. The van der Waals surface area contributed by atoms with Crippen molar-refractivity contribution in [2.24, 2.45) is 12.8 Å². The van der Waals surface area contributed by atoms with Gasteiger partial charge in [-0.25, -0.2) is 0 Å². The third kappa shape index (κ3) is 3.27. The minimum absolute atomic E-state index is 0.163. The van der Waals surface area contributed by atoms with Gasteiger partial charge in [-0.05, 0) is 6.42 Å². The standard InChI is InChI=1S/C12H20N6O2/c1-16-7-9(13)11(15-16)12(20)18-4-2-3-17(5-6-18)8-10(14)19/h7H,2-6,8,13H2,1H3,(H2,14,19). The van der Waals surface area contributed by atoms with Crippen molar-refractivity contribution in [2.75, 3.05) is 38.5 Å². The minimum Gasteiger partial charge on any atom is -0.396 e. The normalized spacial score (nSPS) is 16.9. The lowest BCUT2D eigenvalue weighted by Crippen LogP contribution is -2.38. The number of hydrogen-bond acceptors (Lipinski definition) is 5. The molecule has 0 radical (unpaired) electrons. The fourth-order valence-corrected chi connectivity index (χ4v) is 2.38. The van der Waals surface area contributed by atoms with E-state index in [1.165, 1.54) is 4.68 Å². The molecular weight excluding hydrogens is 260 g/mol. The number of rotatable bonds is 3. The summed E-state index contributed by atoms with van der Waals surface area (Å²) in [5, 5.41) is 4.10. The molecule has 0 spiro atoms. The van der Waals surface area contributed by atoms with Gasteiger partial charge >= 0.3 is 0 Å². The van der Waals surface area contributed by atoms with Crippen LogP contribution in [0.2, 0.25) is 0 Å². The first kappa shape index (κ1) is 14.3. The molecule has 1 aliphatic rings. The Balaban J connectivity index is 2.01. The minimum atomic E-state index is -0.348. The van der Waals surface area contributed by atoms with Gasteiger partial charge in [-0.15, -0.1) is 0 Å². The van der Waals surface area contributed by atoms with Crippen molar-refractivity contribution < 1.29 is 9.59 Å². The highest BCUT2D eigenvalue weighted by molar-refractivity contribution is 5.97. The van der Waals surface area contributed by atoms with E-state index in [1.54, 1.807) is 18.1 Å². The number of amides is 2. The number of aromatic nitrogens is 2. The maximum Gasteiger partial charge on any atom is 0.276 e. The van der Waals surface area contributed by atoms with Gasteiger partial charge in [0.15, 0.2) is 5.69 Å². The number of primary amides is 1. The second-order valence-electron chi connectivity index (χ2n) is 4.99. The molecule has 0 aromatic carbocycles. The van der Waals surface area contributed by atoms with E-state index in [0.717, 1.165) is 13.0 Å². The Kier molecular flexibility index (Phi) is 4.23. The van der Waals surface area contributed by atoms with Crippen LogP contribution in [0.1, 0.15) is 16.9 Å². The number of nitrogen functional groups attached to an aromatic ring is 1. The molecule has 4 N–H and O–H groups in total. The molecule has 2 amide bonds. The molecule has 2 rings (SSSR count). The number of anilines is 1. The zero-order chi connectivity index (χ0) is 14.7. The molecule has 1 aromatic rings. The molecule has 0 atom stereocenters. The van der Waals surface area contributed by atoms with Gasteiger partial charge in [0, 0.05) is 39.4 Å². The van der Waals surface area contributed by atoms with Crippen LogP contribution in [-0.2, 0) is 11.8 Å². The van der Waals surface area contributed by atoms with E-state index >= 15 is 0 Å². The molecule has 110 valence electrons. The summed E-state index contributed by atoms with van der Waals surface area (Å²) >= 11 is 0. The maximum absolute atomic E-state index is 12.4. The highest BCUT2D eigenvalue weighted by Crippen LogP contribution is 2.13. The van der Waals surface area contributed by atoms with Crippen molar-refractivity contribution in [1.82, 2.24) is 19.6 Å². The zero-order valence-electron chi connectivity index (χ0n) is 11.6. The van der Waals surface area contributed by atoms with Crippen LogP contribution in [0.4, 0.5) is 5.69 Å². The molecule has 1 aromatic heterocycles. The van der Waals surface area contributed by atoms with Gasteiger partial charge in [0.2, 0.25) is 5.91 Å². The number of hydrogen-bond donors (Lipinski definition) is 2. The summed E-state index contributed by atoms with van der Waals surface area (Å²) in [6.45, 7) is 2.78. The van der Waals surface area contributed by atoms with Crippen LogP contribution in [-0.4, -0.2) is 64.1 Å². The third-order valence-electron chi connectivity index (χ3n) is 3.31. The van der Waals surface area contributed by atoms with E-state index in [-0.39, 0.29) is 24.1 Å². The highest BCUT2D eigenvalue weighted by Gasteiger charge is 2.24. The topological polar surface area (TPSA) is 110 Å². The Morgan fingerprint density at radius 3 is 2.65 bits per heavy atom. The second kappa shape index (κ2) is 5.91. The van der Waals surface area contributed by atoms with Crippen molar-refractivity contribution in [1.29, 1.82) is 0 Å². The molecule has 1 saturated heterocycles. The number of carbonyl (C=O) groups is 2. The van der Waals surface area contributed by atoms with Crippen molar-refractivity contribution in [2.45, 2.75) is 6.42 Å². The Hall–Kier alpha value is -2.09. The third-order valence-corrected chi connectivity index (χ3v) is 3.31. The van der Waals surface area contributed by atoms with E-state index < -0.39 is 0 Å². The van der Waals surface area contributed by atoms with Gasteiger partial charge in [-0.2, -0.15) is 5.10 Å². The summed E-state index contributed by atoms with van der Waals surface area (Å²) in [7, 11) is 1.73. The molecule has 1 aliphatic heterocycles. The van der Waals surface area contributed by atoms with Crippen LogP contribution < -0.4 is 11.5 Å². The summed E-state index contributed by atoms with van der Waals surface area (Å²) in [5.74, 6) is -0.511. The predicted molar refractivity (Wildman–Crippen MR) is 73.8 cm³/mol. The van der Waals surface area contributed by atoms with Crippen LogP contribution in [0.25, 0.3) is 0 Å². The Bertz CT molecular complexity index is 512. The van der Waals surface area contributed by atoms with Crippen molar-refractivity contribution >= 4 is 17.5 Å². The predicted octanol–water partition coefficient (Wildman–Crippen LogP) is -1.36. The van der Waals surface area contributed by atoms with Crippen LogP contribution in [0, 0.1) is 0 Å². The SMILES string of the molecule is Cn1cc(N)c(C(=O)N2CCCN(CC(N)=O)CC2)n1. The van der Waals surface area contributed by atoms with Crippen LogP contribution in [0.15, 0.2) is 6.20 Å². The number of nitrogens with two attached hydrogens (primary N) is 2. The summed E-state index contributed by atoms with van der Waals surface area (Å²) in [6, 6.07) is 0. The van der Waals surface area contributed by atoms with E-state index in [2.05, 4.69) is 5.10 Å². The Labute approximate surface area is 117 Å². The van der Waals surface area contributed by atoms with Crippen molar-refractivity contribution in [3.05, 3.63) is 11.9 Å². The van der Waals surface area contributed by atoms with Gasteiger partial charge < -0.3 is 16.4 Å². The van der Waals surface area contributed by atoms with Gasteiger partial charge in [-0.3, -0.25) is 19.2 Å². The molecule has 8 heteroatoms. The lowest BCUT2D eigenvalue weighted by molar-refractivity contribution is -0.119. The number of carbonyl (C=O) groups excluding carboxylic acids is 2. The Morgan fingerprint density at radius 2 is 2.05 bits per heavy atom. The first-order chi connectivity index (χ1) is 9.47. The largest absolute Gasteiger partial charge is 0.396 e. The smallest absolute Gasteiger partial charge is 0.276 e. The first-order valence-corrected chi connectivity index (χ1v) is 6.56. The Morgan fingerprint density at radius 1 is 1.30 bits per heavy atom. The molecule has 20 heavy (non-hydrogen) atoms. The zero-order valence-corrected chi connectivity index (χ0v) is 11.6. The molecule has 8 nitrogen and oxygen atoms in total. The van der Waals surface area contributed by atoms with Crippen molar-refractivity contribution in [3.63, 3.8) is 0 Å². The first-order valence-electron chi connectivity index (χ1n) is 6.56. The van der Waals surface area contributed by atoms with Crippen LogP contribution in [0.5, 0.6) is 0 Å². The van der Waals surface area contributed by atoms with Gasteiger partial charge in [0.05, 0.1) is 12.2 Å². The highest BCUT2D eigenvalue weighted by atomic mass is 16.2. The molecular formula is C12H20N6O2. The summed E-state index contributed by atoms with van der Waals surface area (Å²) < 4.78 is 1.53. The molecule has 0 unspecified atom stereocenters. The fourth-order valence-electron chi connectivity index (χ4n) is 2.38. The number of nitrogens with zero attached hydrogens (tertiary/aromatic N) is 4. The van der Waals surface area contributed by atoms with E-state index in [1.807, 2.05) is 4.90 Å². The lowest BCUT2D eigenvalue weighted by Gasteiger charge is -2.20. The summed E-state index contributed by atoms with van der Waals surface area (Å²) in [6.07, 6.45) is 2.41. The van der Waals surface area contributed by atoms with Gasteiger partial charge in [-0.1, -0.05) is 0 Å². The van der Waals surface area contributed by atoms with Crippen LogP contribution in [0.3, 0.4) is 0 Å². The maximum atomic E-state index is 12.4. The van der Waals surface area contributed by atoms with Crippen LogP contribution >= 0.6 is 0 Å². The van der Waals surface area contributed by atoms with E-state index in [4.69, 9.17) is 11.5 Å². The second-order valence-corrected chi connectivity index (χ2v) is 4.99. The molecule has 1 fully saturated rings.